The smallest absolute Gasteiger partial charge is 0.238 e. The summed E-state index contributed by atoms with van der Waals surface area (Å²) >= 11 is 0. The van der Waals surface area contributed by atoms with Crippen LogP contribution in [-0.4, -0.2) is 11.8 Å². The second-order valence-corrected chi connectivity index (χ2v) is 5.30. The Kier molecular flexibility index (Phi) is 6.71. The number of hydrogen-bond acceptors (Lipinski definition) is 3. The first-order chi connectivity index (χ1) is 12.1. The maximum Gasteiger partial charge on any atom is 0.238 e. The highest BCUT2D eigenvalue weighted by molar-refractivity contribution is 5.93. The Morgan fingerprint density at radius 1 is 0.920 bits per heavy atom. The van der Waals surface area contributed by atoms with Crippen molar-refractivity contribution in [2.75, 3.05) is 5.32 Å². The lowest BCUT2D eigenvalue weighted by Gasteiger charge is -2.12. The second kappa shape index (κ2) is 9.22. The van der Waals surface area contributed by atoms with Crippen LogP contribution in [0.4, 0.5) is 10.1 Å². The van der Waals surface area contributed by atoms with Gasteiger partial charge in [0.25, 0.3) is 0 Å². The zero-order valence-corrected chi connectivity index (χ0v) is 13.9. The number of nitrogens with one attached hydrogen (secondary N) is 3. The highest BCUT2D eigenvalue weighted by Crippen LogP contribution is 2.10. The molecule has 0 aliphatic rings. The summed E-state index contributed by atoms with van der Waals surface area (Å²) in [6.45, 7) is 1.86. The fourth-order valence-corrected chi connectivity index (χ4v) is 2.11. The van der Waals surface area contributed by atoms with Gasteiger partial charge in [0.05, 0.1) is 5.70 Å². The fourth-order valence-electron chi connectivity index (χ4n) is 2.11. The number of anilines is 1. The molecule has 0 fully saturated rings. The predicted octanol–water partition coefficient (Wildman–Crippen LogP) is 3.23. The average Bonchev–Trinajstić information content (AvgIpc) is 2.63. The maximum absolute atomic E-state index is 12.8. The van der Waals surface area contributed by atoms with Crippen LogP contribution in [0.2, 0.25) is 0 Å². The van der Waals surface area contributed by atoms with Crippen LogP contribution < -0.4 is 16.2 Å². The van der Waals surface area contributed by atoms with Crippen molar-refractivity contribution in [1.82, 2.24) is 10.9 Å². The van der Waals surface area contributed by atoms with Gasteiger partial charge in [-0.25, -0.2) is 4.39 Å². The molecule has 0 spiro atoms. The third-order valence-electron chi connectivity index (χ3n) is 3.42. The quantitative estimate of drug-likeness (QED) is 0.677. The molecule has 0 saturated carbocycles. The topological polar surface area (TPSA) is 70.2 Å². The molecular formula is C19H20FN3O2. The first kappa shape index (κ1) is 18.2. The molecule has 2 rings (SSSR count). The number of hydrazine groups is 1. The Balaban J connectivity index is 1.74. The van der Waals surface area contributed by atoms with Crippen LogP contribution in [0, 0.1) is 5.82 Å². The molecule has 0 bridgehead atoms. The second-order valence-electron chi connectivity index (χ2n) is 5.30. The molecule has 6 heteroatoms. The molecule has 2 amide bonds. The molecule has 0 aliphatic carbocycles. The Hall–Kier alpha value is -3.15. The van der Waals surface area contributed by atoms with Crippen molar-refractivity contribution in [3.05, 3.63) is 72.1 Å². The van der Waals surface area contributed by atoms with E-state index in [4.69, 9.17) is 0 Å². The summed E-state index contributed by atoms with van der Waals surface area (Å²) in [7, 11) is 0. The van der Waals surface area contributed by atoms with Crippen LogP contribution in [0.1, 0.15) is 25.3 Å². The number of halogens is 1. The summed E-state index contributed by atoms with van der Waals surface area (Å²) in [6, 6.07) is 15.0. The van der Waals surface area contributed by atoms with Gasteiger partial charge in [0.2, 0.25) is 11.8 Å². The number of hydrogen-bond donors (Lipinski definition) is 3. The predicted molar refractivity (Wildman–Crippen MR) is 95.6 cm³/mol. The molecular weight excluding hydrogens is 321 g/mol. The van der Waals surface area contributed by atoms with E-state index in [2.05, 4.69) is 16.2 Å². The normalized spacial score (nSPS) is 10.9. The number of allylic oxidation sites excluding steroid dienone is 1. The molecule has 0 aliphatic heterocycles. The van der Waals surface area contributed by atoms with Crippen LogP contribution in [0.25, 0.3) is 5.70 Å². The molecule has 0 unspecified atom stereocenters. The van der Waals surface area contributed by atoms with E-state index >= 15 is 0 Å². The van der Waals surface area contributed by atoms with Crippen LogP contribution in [0.15, 0.2) is 60.7 Å². The van der Waals surface area contributed by atoms with Crippen LogP contribution in [-0.2, 0) is 9.59 Å². The van der Waals surface area contributed by atoms with Crippen molar-refractivity contribution < 1.29 is 14.0 Å². The molecule has 0 heterocycles. The van der Waals surface area contributed by atoms with Gasteiger partial charge in [0.1, 0.15) is 5.82 Å². The maximum atomic E-state index is 12.8. The third kappa shape index (κ3) is 6.10. The lowest BCUT2D eigenvalue weighted by Crippen LogP contribution is -2.36. The molecule has 2 aromatic carbocycles. The van der Waals surface area contributed by atoms with Gasteiger partial charge in [-0.2, -0.15) is 0 Å². The molecule has 130 valence electrons. The Labute approximate surface area is 145 Å². The number of carbonyl (C=O) groups is 2. The zero-order valence-electron chi connectivity index (χ0n) is 13.9. The highest BCUT2D eigenvalue weighted by Gasteiger charge is 2.08. The molecule has 5 nitrogen and oxygen atoms in total. The van der Waals surface area contributed by atoms with Crippen molar-refractivity contribution in [3.8, 4) is 0 Å². The van der Waals surface area contributed by atoms with Crippen molar-refractivity contribution in [3.63, 3.8) is 0 Å². The van der Waals surface area contributed by atoms with Crippen molar-refractivity contribution >= 4 is 23.2 Å². The zero-order chi connectivity index (χ0) is 18.1. The monoisotopic (exact) mass is 341 g/mol. The lowest BCUT2D eigenvalue weighted by atomic mass is 10.1. The Bertz CT molecular complexity index is 743. The van der Waals surface area contributed by atoms with Gasteiger partial charge in [-0.1, -0.05) is 36.4 Å². The van der Waals surface area contributed by atoms with E-state index in [1.807, 2.05) is 43.3 Å². The Morgan fingerprint density at radius 3 is 2.20 bits per heavy atom. The van der Waals surface area contributed by atoms with Crippen molar-refractivity contribution in [2.45, 2.75) is 19.8 Å². The first-order valence-corrected chi connectivity index (χ1v) is 7.90. The summed E-state index contributed by atoms with van der Waals surface area (Å²) in [5, 5.41) is 2.61. The summed E-state index contributed by atoms with van der Waals surface area (Å²) in [5.41, 5.74) is 7.63. The van der Waals surface area contributed by atoms with Crippen LogP contribution in [0.3, 0.4) is 0 Å². The standard InChI is InChI=1S/C19H20FN3O2/c1-2-17(14-6-4-3-5-7-14)22-23-19(25)13-12-18(24)21-16-10-8-15(20)9-11-16/h2-11,22H,12-13H2,1H3,(H,21,24)(H,23,25)/b17-2+. The van der Waals surface area contributed by atoms with Gasteiger partial charge < -0.3 is 5.32 Å². The molecule has 3 N–H and O–H groups in total. The number of carbonyl (C=O) groups excluding carboxylic acids is 2. The minimum absolute atomic E-state index is 0.0292. The number of benzene rings is 2. The molecule has 2 aromatic rings. The van der Waals surface area contributed by atoms with Gasteiger partial charge in [-0.05, 0) is 36.8 Å². The van der Waals surface area contributed by atoms with E-state index in [0.29, 0.717) is 5.69 Å². The third-order valence-corrected chi connectivity index (χ3v) is 3.42. The largest absolute Gasteiger partial charge is 0.326 e. The van der Waals surface area contributed by atoms with Crippen molar-refractivity contribution in [2.24, 2.45) is 0 Å². The van der Waals surface area contributed by atoms with Crippen LogP contribution in [0.5, 0.6) is 0 Å². The van der Waals surface area contributed by atoms with E-state index in [1.54, 1.807) is 0 Å². The SMILES string of the molecule is C/C=C(/NNC(=O)CCC(=O)Nc1ccc(F)cc1)c1ccccc1. The van der Waals surface area contributed by atoms with Gasteiger partial charge >= 0.3 is 0 Å². The first-order valence-electron chi connectivity index (χ1n) is 7.90. The summed E-state index contributed by atoms with van der Waals surface area (Å²) in [6.07, 6.45) is 1.91. The number of amides is 2. The molecule has 0 saturated heterocycles. The summed E-state index contributed by atoms with van der Waals surface area (Å²) in [4.78, 5) is 23.7. The van der Waals surface area contributed by atoms with E-state index in [0.717, 1.165) is 11.3 Å². The number of rotatable bonds is 7. The average molecular weight is 341 g/mol. The van der Waals surface area contributed by atoms with Gasteiger partial charge in [0.15, 0.2) is 0 Å². The highest BCUT2D eigenvalue weighted by atomic mass is 19.1. The summed E-state index contributed by atoms with van der Waals surface area (Å²) < 4.78 is 12.8. The molecule has 0 aromatic heterocycles. The minimum Gasteiger partial charge on any atom is -0.326 e. The van der Waals surface area contributed by atoms with Crippen molar-refractivity contribution in [1.29, 1.82) is 0 Å². The lowest BCUT2D eigenvalue weighted by molar-refractivity contribution is -0.124. The van der Waals surface area contributed by atoms with Gasteiger partial charge in [0, 0.05) is 18.5 Å². The van der Waals surface area contributed by atoms with E-state index in [-0.39, 0.29) is 30.5 Å². The minimum atomic E-state index is -0.373. The van der Waals surface area contributed by atoms with Gasteiger partial charge in [-0.15, -0.1) is 0 Å². The Morgan fingerprint density at radius 2 is 1.56 bits per heavy atom. The van der Waals surface area contributed by atoms with Gasteiger partial charge in [-0.3, -0.25) is 20.4 Å². The molecule has 0 atom stereocenters. The molecule has 0 radical (unpaired) electrons. The van der Waals surface area contributed by atoms with E-state index in [1.165, 1.54) is 24.3 Å². The summed E-state index contributed by atoms with van der Waals surface area (Å²) in [5.74, 6) is -0.984. The fraction of sp³-hybridized carbons (Fsp3) is 0.158. The van der Waals surface area contributed by atoms with E-state index < -0.39 is 0 Å². The molecule has 25 heavy (non-hydrogen) atoms. The van der Waals surface area contributed by atoms with Crippen LogP contribution >= 0.6 is 0 Å². The van der Waals surface area contributed by atoms with E-state index in [9.17, 15) is 14.0 Å².